The summed E-state index contributed by atoms with van der Waals surface area (Å²) < 4.78 is 5.93. The van der Waals surface area contributed by atoms with Crippen LogP contribution in [0.4, 0.5) is 0 Å². The van der Waals surface area contributed by atoms with Gasteiger partial charge in [0.1, 0.15) is 11.9 Å². The minimum atomic E-state index is -0.413. The zero-order valence-corrected chi connectivity index (χ0v) is 8.25. The van der Waals surface area contributed by atoms with E-state index in [-0.39, 0.29) is 0 Å². The molecule has 12 heavy (non-hydrogen) atoms. The summed E-state index contributed by atoms with van der Waals surface area (Å²) in [5, 5.41) is 9.63. The van der Waals surface area contributed by atoms with Crippen LogP contribution in [0.1, 0.15) is 31.1 Å². The van der Waals surface area contributed by atoms with Crippen LogP contribution in [0, 0.1) is 5.92 Å². The molecule has 1 atom stereocenters. The van der Waals surface area contributed by atoms with E-state index in [4.69, 9.17) is 4.42 Å². The van der Waals surface area contributed by atoms with E-state index in [1.165, 1.54) is 12.8 Å². The van der Waals surface area contributed by atoms with Gasteiger partial charge in [-0.15, -0.1) is 0 Å². The average Bonchev–Trinajstić information content (AvgIpc) is 2.72. The molecule has 0 radical (unpaired) electrons. The molecule has 1 heterocycles. The van der Waals surface area contributed by atoms with Crippen LogP contribution in [0.25, 0.3) is 0 Å². The molecule has 0 aromatic carbocycles. The van der Waals surface area contributed by atoms with Crippen molar-refractivity contribution < 1.29 is 9.52 Å². The van der Waals surface area contributed by atoms with E-state index in [2.05, 4.69) is 15.9 Å². The molecule has 2 nitrogen and oxygen atoms in total. The van der Waals surface area contributed by atoms with E-state index < -0.39 is 6.10 Å². The summed E-state index contributed by atoms with van der Waals surface area (Å²) in [6, 6.07) is 3.63. The van der Waals surface area contributed by atoms with Crippen molar-refractivity contribution in [1.82, 2.24) is 0 Å². The van der Waals surface area contributed by atoms with Crippen LogP contribution in [0.2, 0.25) is 0 Å². The van der Waals surface area contributed by atoms with Gasteiger partial charge in [-0.1, -0.05) is 12.8 Å². The topological polar surface area (TPSA) is 33.4 Å². The SMILES string of the molecule is OC(CC1CC1)c1ccc(Br)o1. The van der Waals surface area contributed by atoms with E-state index in [0.29, 0.717) is 10.4 Å². The number of rotatable bonds is 3. The molecule has 0 saturated heterocycles. The average molecular weight is 231 g/mol. The van der Waals surface area contributed by atoms with Gasteiger partial charge in [-0.05, 0) is 40.4 Å². The first-order valence-corrected chi connectivity index (χ1v) is 4.98. The molecule has 1 aromatic rings. The highest BCUT2D eigenvalue weighted by Crippen LogP contribution is 2.38. The lowest BCUT2D eigenvalue weighted by molar-refractivity contribution is 0.132. The van der Waals surface area contributed by atoms with Crippen molar-refractivity contribution in [3.63, 3.8) is 0 Å². The Morgan fingerprint density at radius 2 is 2.33 bits per heavy atom. The number of hydrogen-bond acceptors (Lipinski definition) is 2. The summed E-state index contributed by atoms with van der Waals surface area (Å²) in [7, 11) is 0. The predicted octanol–water partition coefficient (Wildman–Crippen LogP) is 2.88. The number of aliphatic hydroxyl groups excluding tert-OH is 1. The summed E-state index contributed by atoms with van der Waals surface area (Å²) in [6.45, 7) is 0. The third kappa shape index (κ3) is 1.90. The van der Waals surface area contributed by atoms with E-state index >= 15 is 0 Å². The Bertz CT molecular complexity index is 265. The molecule has 0 spiro atoms. The van der Waals surface area contributed by atoms with Gasteiger partial charge in [0.05, 0.1) is 0 Å². The Morgan fingerprint density at radius 3 is 2.83 bits per heavy atom. The summed E-state index contributed by atoms with van der Waals surface area (Å²) in [6.07, 6.45) is 2.96. The van der Waals surface area contributed by atoms with E-state index in [0.717, 1.165) is 12.3 Å². The minimum Gasteiger partial charge on any atom is -0.452 e. The minimum absolute atomic E-state index is 0.413. The molecular formula is C9H11BrO2. The van der Waals surface area contributed by atoms with Crippen LogP contribution in [0.15, 0.2) is 21.2 Å². The van der Waals surface area contributed by atoms with Crippen molar-refractivity contribution in [3.05, 3.63) is 22.6 Å². The number of aliphatic hydroxyl groups is 1. The molecule has 1 aliphatic carbocycles. The van der Waals surface area contributed by atoms with Gasteiger partial charge in [-0.3, -0.25) is 0 Å². The number of halogens is 1. The first-order valence-electron chi connectivity index (χ1n) is 4.19. The van der Waals surface area contributed by atoms with Crippen molar-refractivity contribution in [2.24, 2.45) is 5.92 Å². The van der Waals surface area contributed by atoms with Gasteiger partial charge in [-0.25, -0.2) is 0 Å². The smallest absolute Gasteiger partial charge is 0.169 e. The molecule has 1 unspecified atom stereocenters. The van der Waals surface area contributed by atoms with Gasteiger partial charge >= 0.3 is 0 Å². The highest BCUT2D eigenvalue weighted by molar-refractivity contribution is 9.10. The zero-order chi connectivity index (χ0) is 8.55. The summed E-state index contributed by atoms with van der Waals surface area (Å²) >= 11 is 3.20. The van der Waals surface area contributed by atoms with Crippen molar-refractivity contribution in [1.29, 1.82) is 0 Å². The number of furan rings is 1. The lowest BCUT2D eigenvalue weighted by atomic mass is 10.1. The summed E-state index contributed by atoms with van der Waals surface area (Å²) in [5.74, 6) is 1.40. The van der Waals surface area contributed by atoms with Crippen molar-refractivity contribution in [2.75, 3.05) is 0 Å². The van der Waals surface area contributed by atoms with E-state index in [1.807, 2.05) is 12.1 Å². The largest absolute Gasteiger partial charge is 0.452 e. The standard InChI is InChI=1S/C9H11BrO2/c10-9-4-3-8(12-9)7(11)5-6-1-2-6/h3-4,6-7,11H,1-2,5H2. The molecular weight excluding hydrogens is 220 g/mol. The van der Waals surface area contributed by atoms with Crippen LogP contribution < -0.4 is 0 Å². The maximum absolute atomic E-state index is 9.63. The molecule has 1 fully saturated rings. The highest BCUT2D eigenvalue weighted by Gasteiger charge is 2.26. The maximum atomic E-state index is 9.63. The van der Waals surface area contributed by atoms with E-state index in [1.54, 1.807) is 0 Å². The Kier molecular flexibility index (Phi) is 2.24. The van der Waals surface area contributed by atoms with Gasteiger partial charge in [0, 0.05) is 0 Å². The molecule has 1 aliphatic rings. The highest BCUT2D eigenvalue weighted by atomic mass is 79.9. The Balaban J connectivity index is 1.97. The van der Waals surface area contributed by atoms with Gasteiger partial charge in [0.2, 0.25) is 0 Å². The quantitative estimate of drug-likeness (QED) is 0.867. The Morgan fingerprint density at radius 1 is 1.58 bits per heavy atom. The number of hydrogen-bond donors (Lipinski definition) is 1. The predicted molar refractivity (Wildman–Crippen MR) is 48.7 cm³/mol. The third-order valence-corrected chi connectivity index (χ3v) is 2.60. The normalized spacial score (nSPS) is 19.5. The van der Waals surface area contributed by atoms with Gasteiger partial charge in [-0.2, -0.15) is 0 Å². The first kappa shape index (κ1) is 8.32. The van der Waals surface area contributed by atoms with Crippen LogP contribution in [0.3, 0.4) is 0 Å². The second-order valence-corrected chi connectivity index (χ2v) is 4.12. The summed E-state index contributed by atoms with van der Waals surface area (Å²) in [5.41, 5.74) is 0. The van der Waals surface area contributed by atoms with Gasteiger partial charge < -0.3 is 9.52 Å². The van der Waals surface area contributed by atoms with Gasteiger partial charge in [0.25, 0.3) is 0 Å². The Labute approximate surface area is 79.7 Å². The molecule has 3 heteroatoms. The second-order valence-electron chi connectivity index (χ2n) is 3.34. The molecule has 1 saturated carbocycles. The van der Waals surface area contributed by atoms with Crippen molar-refractivity contribution >= 4 is 15.9 Å². The van der Waals surface area contributed by atoms with Gasteiger partial charge in [0.15, 0.2) is 4.67 Å². The second kappa shape index (κ2) is 3.23. The first-order chi connectivity index (χ1) is 5.75. The fourth-order valence-electron chi connectivity index (χ4n) is 1.29. The molecule has 2 rings (SSSR count). The third-order valence-electron chi connectivity index (χ3n) is 2.18. The van der Waals surface area contributed by atoms with Crippen molar-refractivity contribution in [3.8, 4) is 0 Å². The van der Waals surface area contributed by atoms with Crippen LogP contribution >= 0.6 is 15.9 Å². The van der Waals surface area contributed by atoms with Crippen LogP contribution in [0.5, 0.6) is 0 Å². The molecule has 66 valence electrons. The fraction of sp³-hybridized carbons (Fsp3) is 0.556. The Hall–Kier alpha value is -0.280. The molecule has 1 aromatic heterocycles. The summed E-state index contributed by atoms with van der Waals surface area (Å²) in [4.78, 5) is 0. The maximum Gasteiger partial charge on any atom is 0.169 e. The lowest BCUT2D eigenvalue weighted by Crippen LogP contribution is -1.95. The molecule has 0 amide bonds. The molecule has 0 bridgehead atoms. The van der Waals surface area contributed by atoms with Crippen LogP contribution in [-0.2, 0) is 0 Å². The molecule has 0 aliphatic heterocycles. The zero-order valence-electron chi connectivity index (χ0n) is 6.66. The fourth-order valence-corrected chi connectivity index (χ4v) is 1.61. The monoisotopic (exact) mass is 230 g/mol. The van der Waals surface area contributed by atoms with Crippen LogP contribution in [-0.4, -0.2) is 5.11 Å². The molecule has 1 N–H and O–H groups in total. The lowest BCUT2D eigenvalue weighted by Gasteiger charge is -2.04. The van der Waals surface area contributed by atoms with Crippen molar-refractivity contribution in [2.45, 2.75) is 25.4 Å². The van der Waals surface area contributed by atoms with E-state index in [9.17, 15) is 5.11 Å².